The van der Waals surface area contributed by atoms with E-state index in [-0.39, 0.29) is 11.6 Å². The van der Waals surface area contributed by atoms with Gasteiger partial charge in [-0.15, -0.1) is 0 Å². The van der Waals surface area contributed by atoms with E-state index in [2.05, 4.69) is 63.3 Å². The molecule has 2 aromatic rings. The van der Waals surface area contributed by atoms with Gasteiger partial charge in [0.25, 0.3) is 5.91 Å². The molecule has 4 N–H and O–H groups in total. The molecule has 1 heterocycles. The number of halogens is 3. The highest BCUT2D eigenvalue weighted by atomic mass is 79.9. The van der Waals surface area contributed by atoms with Crippen molar-refractivity contribution in [2.75, 3.05) is 11.1 Å². The summed E-state index contributed by atoms with van der Waals surface area (Å²) in [6.07, 6.45) is 2.19. The van der Waals surface area contributed by atoms with E-state index in [0.29, 0.717) is 17.3 Å². The number of carbonyl (C=O) groups excluding carboxylic acids is 1. The lowest BCUT2D eigenvalue weighted by atomic mass is 10.2. The summed E-state index contributed by atoms with van der Waals surface area (Å²) >= 11 is 10.2. The number of rotatable bonds is 3. The van der Waals surface area contributed by atoms with Crippen molar-refractivity contribution in [3.8, 4) is 0 Å². The van der Waals surface area contributed by atoms with Crippen molar-refractivity contribution in [1.29, 1.82) is 0 Å². The first-order valence-corrected chi connectivity index (χ1v) is 8.65. The first-order chi connectivity index (χ1) is 9.97. The highest BCUT2D eigenvalue weighted by Crippen LogP contribution is 2.42. The molecule has 1 amide bonds. The van der Waals surface area contributed by atoms with Gasteiger partial charge in [0, 0.05) is 19.3 Å². The number of carbonyl (C=O) groups is 1. The van der Waals surface area contributed by atoms with Crippen LogP contribution in [-0.4, -0.2) is 16.1 Å². The van der Waals surface area contributed by atoms with Crippen LogP contribution >= 0.6 is 47.8 Å². The van der Waals surface area contributed by atoms with Crippen LogP contribution in [0, 0.1) is 0 Å². The summed E-state index contributed by atoms with van der Waals surface area (Å²) in [5.74, 6) is 0.0876. The normalized spacial score (nSPS) is 14.2. The van der Waals surface area contributed by atoms with Crippen LogP contribution in [0.2, 0.25) is 0 Å². The Morgan fingerprint density at radius 1 is 1.29 bits per heavy atom. The third-order valence-corrected chi connectivity index (χ3v) is 4.99. The van der Waals surface area contributed by atoms with Gasteiger partial charge in [0.05, 0.1) is 17.1 Å². The molecule has 0 aliphatic heterocycles. The average Bonchev–Trinajstić information content (AvgIpc) is 3.17. The van der Waals surface area contributed by atoms with Gasteiger partial charge >= 0.3 is 0 Å². The number of anilines is 2. The zero-order valence-corrected chi connectivity index (χ0v) is 15.5. The van der Waals surface area contributed by atoms with Gasteiger partial charge in [-0.3, -0.25) is 9.89 Å². The summed E-state index contributed by atoms with van der Waals surface area (Å²) in [5, 5.41) is 9.74. The Kier molecular flexibility index (Phi) is 4.11. The predicted molar refractivity (Wildman–Crippen MR) is 92.5 cm³/mol. The number of aromatic amines is 1. The molecule has 1 fully saturated rings. The van der Waals surface area contributed by atoms with E-state index in [0.717, 1.165) is 32.0 Å². The molecule has 8 heteroatoms. The summed E-state index contributed by atoms with van der Waals surface area (Å²) in [6.45, 7) is 0. The van der Waals surface area contributed by atoms with Gasteiger partial charge in [0.1, 0.15) is 0 Å². The summed E-state index contributed by atoms with van der Waals surface area (Å²) in [4.78, 5) is 12.4. The largest absolute Gasteiger partial charge is 0.395 e. The molecule has 0 atom stereocenters. The number of nitrogen functional groups attached to an aromatic ring is 1. The number of hydrogen-bond acceptors (Lipinski definition) is 3. The highest BCUT2D eigenvalue weighted by Gasteiger charge is 2.30. The number of H-pyrrole nitrogens is 1. The molecule has 0 saturated heterocycles. The third-order valence-electron chi connectivity index (χ3n) is 3.28. The zero-order valence-electron chi connectivity index (χ0n) is 10.7. The Labute approximate surface area is 146 Å². The maximum absolute atomic E-state index is 12.4. The average molecular weight is 479 g/mol. The number of benzene rings is 1. The maximum atomic E-state index is 12.4. The lowest BCUT2D eigenvalue weighted by molar-refractivity contribution is 0.102. The molecule has 0 unspecified atom stereocenters. The monoisotopic (exact) mass is 476 g/mol. The Balaban J connectivity index is 1.87. The van der Waals surface area contributed by atoms with Crippen LogP contribution in [0.25, 0.3) is 0 Å². The van der Waals surface area contributed by atoms with Crippen LogP contribution < -0.4 is 11.1 Å². The molecule has 21 heavy (non-hydrogen) atoms. The molecule has 0 radical (unpaired) electrons. The number of nitrogens with two attached hydrogens (primary N) is 1. The summed E-state index contributed by atoms with van der Waals surface area (Å²) in [5.41, 5.74) is 8.20. The maximum Gasteiger partial charge on any atom is 0.278 e. The molecule has 1 aliphatic carbocycles. The minimum atomic E-state index is -0.334. The van der Waals surface area contributed by atoms with Gasteiger partial charge < -0.3 is 11.1 Å². The number of amides is 1. The van der Waals surface area contributed by atoms with Crippen LogP contribution in [0.1, 0.15) is 34.9 Å². The topological polar surface area (TPSA) is 83.8 Å². The van der Waals surface area contributed by atoms with Crippen LogP contribution in [0.15, 0.2) is 25.6 Å². The van der Waals surface area contributed by atoms with E-state index in [9.17, 15) is 4.79 Å². The Bertz CT molecular complexity index is 701. The van der Waals surface area contributed by atoms with E-state index in [1.807, 2.05) is 12.1 Å². The van der Waals surface area contributed by atoms with E-state index in [4.69, 9.17) is 5.73 Å². The smallest absolute Gasteiger partial charge is 0.278 e. The SMILES string of the molecule is Nc1c(C(=O)Nc2c(Br)cc(Br)cc2Br)n[nH]c1C1CC1. The fourth-order valence-electron chi connectivity index (χ4n) is 2.05. The lowest BCUT2D eigenvalue weighted by Crippen LogP contribution is -2.15. The van der Waals surface area contributed by atoms with E-state index in [1.165, 1.54) is 0 Å². The molecule has 1 aromatic carbocycles. The lowest BCUT2D eigenvalue weighted by Gasteiger charge is -2.09. The number of aromatic nitrogens is 2. The van der Waals surface area contributed by atoms with Crippen LogP contribution in [0.3, 0.4) is 0 Å². The van der Waals surface area contributed by atoms with Crippen molar-refractivity contribution in [2.24, 2.45) is 0 Å². The van der Waals surface area contributed by atoms with Crippen LogP contribution in [0.4, 0.5) is 11.4 Å². The molecular weight excluding hydrogens is 468 g/mol. The Hall–Kier alpha value is -0.860. The second kappa shape index (κ2) is 5.73. The van der Waals surface area contributed by atoms with E-state index in [1.54, 1.807) is 0 Å². The molecule has 0 bridgehead atoms. The summed E-state index contributed by atoms with van der Waals surface area (Å²) < 4.78 is 2.41. The zero-order chi connectivity index (χ0) is 15.1. The fourth-order valence-corrected chi connectivity index (χ4v) is 4.51. The Morgan fingerprint density at radius 2 is 1.90 bits per heavy atom. The molecule has 5 nitrogen and oxygen atoms in total. The molecule has 1 aliphatic rings. The molecule has 0 spiro atoms. The first-order valence-electron chi connectivity index (χ1n) is 6.27. The summed E-state index contributed by atoms with van der Waals surface area (Å²) in [7, 11) is 0. The molecule has 110 valence electrons. The van der Waals surface area contributed by atoms with Crippen molar-refractivity contribution < 1.29 is 4.79 Å². The first kappa shape index (κ1) is 15.1. The van der Waals surface area contributed by atoms with Crippen molar-refractivity contribution in [3.05, 3.63) is 36.9 Å². The highest BCUT2D eigenvalue weighted by molar-refractivity contribution is 9.11. The minimum absolute atomic E-state index is 0.235. The predicted octanol–water partition coefficient (Wildman–Crippen LogP) is 4.41. The minimum Gasteiger partial charge on any atom is -0.395 e. The van der Waals surface area contributed by atoms with Crippen LogP contribution in [-0.2, 0) is 0 Å². The fraction of sp³-hybridized carbons (Fsp3) is 0.231. The molecule has 3 rings (SSSR count). The second-order valence-electron chi connectivity index (χ2n) is 4.87. The van der Waals surface area contributed by atoms with Gasteiger partial charge in [-0.2, -0.15) is 5.10 Å². The van der Waals surface area contributed by atoms with Gasteiger partial charge in [-0.1, -0.05) is 15.9 Å². The second-order valence-corrected chi connectivity index (χ2v) is 7.50. The van der Waals surface area contributed by atoms with E-state index < -0.39 is 0 Å². The van der Waals surface area contributed by atoms with Gasteiger partial charge in [0.15, 0.2) is 5.69 Å². The van der Waals surface area contributed by atoms with Crippen molar-refractivity contribution in [1.82, 2.24) is 10.2 Å². The van der Waals surface area contributed by atoms with Crippen molar-refractivity contribution >= 4 is 65.1 Å². The third kappa shape index (κ3) is 3.02. The number of hydrogen-bond donors (Lipinski definition) is 3. The molecule has 1 aromatic heterocycles. The Morgan fingerprint density at radius 3 is 2.48 bits per heavy atom. The standard InChI is InChI=1S/C13H11Br3N4O/c14-6-3-7(15)11(8(16)4-6)18-13(21)12-9(17)10(19-20-12)5-1-2-5/h3-5H,1-2,17H2,(H,18,21)(H,19,20). The number of nitrogens with one attached hydrogen (secondary N) is 2. The van der Waals surface area contributed by atoms with Crippen molar-refractivity contribution in [3.63, 3.8) is 0 Å². The number of nitrogens with zero attached hydrogens (tertiary/aromatic N) is 1. The molecular formula is C13H11Br3N4O. The van der Waals surface area contributed by atoms with Crippen molar-refractivity contribution in [2.45, 2.75) is 18.8 Å². The van der Waals surface area contributed by atoms with Gasteiger partial charge in [-0.25, -0.2) is 0 Å². The van der Waals surface area contributed by atoms with Gasteiger partial charge in [0.2, 0.25) is 0 Å². The molecule has 1 saturated carbocycles. The van der Waals surface area contributed by atoms with Gasteiger partial charge in [-0.05, 0) is 56.8 Å². The quantitative estimate of drug-likeness (QED) is 0.611. The van der Waals surface area contributed by atoms with E-state index >= 15 is 0 Å². The van der Waals surface area contributed by atoms with Crippen LogP contribution in [0.5, 0.6) is 0 Å². The summed E-state index contributed by atoms with van der Waals surface area (Å²) in [6, 6.07) is 3.70.